The standard InChI is InChI=1S/C20H24N6O2/c1-14-21-11-12-26(14)17-9-7-16(8-10-17)23-20(27)22-13-18-24-19(25-28-18)15-5-3-2-4-6-15/h7-12,15H,2-6,13H2,1H3,(H2,22,23,27). The number of amides is 2. The largest absolute Gasteiger partial charge is 0.337 e. The van der Waals surface area contributed by atoms with Crippen molar-refractivity contribution in [3.8, 4) is 5.69 Å². The average molecular weight is 380 g/mol. The highest BCUT2D eigenvalue weighted by Gasteiger charge is 2.21. The van der Waals surface area contributed by atoms with Crippen molar-refractivity contribution in [1.82, 2.24) is 25.0 Å². The number of urea groups is 1. The second-order valence-corrected chi connectivity index (χ2v) is 7.08. The molecule has 2 amide bonds. The van der Waals surface area contributed by atoms with E-state index < -0.39 is 0 Å². The van der Waals surface area contributed by atoms with Gasteiger partial charge in [-0.25, -0.2) is 9.78 Å². The molecule has 0 saturated heterocycles. The molecule has 0 unspecified atom stereocenters. The van der Waals surface area contributed by atoms with Gasteiger partial charge in [-0.15, -0.1) is 0 Å². The fourth-order valence-corrected chi connectivity index (χ4v) is 3.55. The van der Waals surface area contributed by atoms with Gasteiger partial charge in [-0.3, -0.25) is 0 Å². The molecule has 8 nitrogen and oxygen atoms in total. The maximum atomic E-state index is 12.1. The quantitative estimate of drug-likeness (QED) is 0.699. The normalized spacial score (nSPS) is 14.8. The summed E-state index contributed by atoms with van der Waals surface area (Å²) < 4.78 is 7.25. The Labute approximate surface area is 163 Å². The van der Waals surface area contributed by atoms with Crippen LogP contribution in [0.15, 0.2) is 41.2 Å². The lowest BCUT2D eigenvalue weighted by Gasteiger charge is -2.17. The van der Waals surface area contributed by atoms with Crippen molar-refractivity contribution in [2.75, 3.05) is 5.32 Å². The summed E-state index contributed by atoms with van der Waals surface area (Å²) in [5, 5.41) is 9.64. The van der Waals surface area contributed by atoms with Crippen molar-refractivity contribution in [3.63, 3.8) is 0 Å². The Morgan fingerprint density at radius 3 is 2.71 bits per heavy atom. The predicted molar refractivity (Wildman–Crippen MR) is 104 cm³/mol. The maximum Gasteiger partial charge on any atom is 0.319 e. The van der Waals surface area contributed by atoms with E-state index in [0.29, 0.717) is 17.5 Å². The van der Waals surface area contributed by atoms with Crippen molar-refractivity contribution in [2.45, 2.75) is 51.5 Å². The molecule has 2 heterocycles. The van der Waals surface area contributed by atoms with Crippen LogP contribution in [0.25, 0.3) is 5.69 Å². The minimum atomic E-state index is -0.316. The van der Waals surface area contributed by atoms with E-state index >= 15 is 0 Å². The topological polar surface area (TPSA) is 97.9 Å². The van der Waals surface area contributed by atoms with Gasteiger partial charge in [-0.2, -0.15) is 4.98 Å². The first kappa shape index (κ1) is 18.2. The number of carbonyl (C=O) groups excluding carboxylic acids is 1. The highest BCUT2D eigenvalue weighted by molar-refractivity contribution is 5.89. The molecule has 1 aliphatic carbocycles. The van der Waals surface area contributed by atoms with Crippen LogP contribution in [-0.2, 0) is 6.54 Å². The number of hydrogen-bond acceptors (Lipinski definition) is 5. The molecule has 3 aromatic rings. The van der Waals surface area contributed by atoms with E-state index in [1.165, 1.54) is 19.3 Å². The van der Waals surface area contributed by atoms with Gasteiger partial charge >= 0.3 is 6.03 Å². The Hall–Kier alpha value is -3.16. The molecule has 2 aromatic heterocycles. The van der Waals surface area contributed by atoms with Crippen LogP contribution in [-0.4, -0.2) is 25.7 Å². The van der Waals surface area contributed by atoms with E-state index in [9.17, 15) is 4.79 Å². The number of carbonyl (C=O) groups is 1. The first-order valence-electron chi connectivity index (χ1n) is 9.67. The van der Waals surface area contributed by atoms with Crippen LogP contribution in [0.1, 0.15) is 55.6 Å². The van der Waals surface area contributed by atoms with Crippen LogP contribution >= 0.6 is 0 Å². The lowest BCUT2D eigenvalue weighted by atomic mass is 9.89. The molecule has 1 aliphatic rings. The third-order valence-electron chi connectivity index (χ3n) is 5.08. The molecule has 0 aliphatic heterocycles. The number of anilines is 1. The number of aromatic nitrogens is 4. The van der Waals surface area contributed by atoms with Crippen LogP contribution in [0.3, 0.4) is 0 Å². The zero-order valence-corrected chi connectivity index (χ0v) is 15.9. The molecular weight excluding hydrogens is 356 g/mol. The van der Waals surface area contributed by atoms with E-state index in [-0.39, 0.29) is 12.6 Å². The van der Waals surface area contributed by atoms with Crippen molar-refractivity contribution in [1.29, 1.82) is 0 Å². The SMILES string of the molecule is Cc1nccn1-c1ccc(NC(=O)NCc2nc(C3CCCCC3)no2)cc1. The van der Waals surface area contributed by atoms with Crippen molar-refractivity contribution >= 4 is 11.7 Å². The summed E-state index contributed by atoms with van der Waals surface area (Å²) in [4.78, 5) is 20.8. The monoisotopic (exact) mass is 380 g/mol. The van der Waals surface area contributed by atoms with Crippen molar-refractivity contribution in [3.05, 3.63) is 54.2 Å². The Morgan fingerprint density at radius 2 is 2.00 bits per heavy atom. The molecule has 0 radical (unpaired) electrons. The second kappa shape index (κ2) is 8.24. The fraction of sp³-hybridized carbons (Fsp3) is 0.400. The first-order valence-corrected chi connectivity index (χ1v) is 9.67. The van der Waals surface area contributed by atoms with Gasteiger partial charge in [-0.1, -0.05) is 24.4 Å². The molecule has 146 valence electrons. The number of nitrogens with one attached hydrogen (secondary N) is 2. The molecule has 0 bridgehead atoms. The zero-order chi connectivity index (χ0) is 19.3. The maximum absolute atomic E-state index is 12.1. The van der Waals surface area contributed by atoms with E-state index in [1.807, 2.05) is 42.0 Å². The summed E-state index contributed by atoms with van der Waals surface area (Å²) in [5.41, 5.74) is 1.69. The fourth-order valence-electron chi connectivity index (χ4n) is 3.55. The lowest BCUT2D eigenvalue weighted by Crippen LogP contribution is -2.28. The third kappa shape index (κ3) is 4.21. The first-order chi connectivity index (χ1) is 13.7. The van der Waals surface area contributed by atoms with Gasteiger partial charge in [0.2, 0.25) is 5.89 Å². The summed E-state index contributed by atoms with van der Waals surface area (Å²) in [6, 6.07) is 7.24. The Balaban J connectivity index is 1.29. The Kier molecular flexibility index (Phi) is 5.36. The molecule has 0 atom stereocenters. The van der Waals surface area contributed by atoms with Crippen LogP contribution in [0.5, 0.6) is 0 Å². The van der Waals surface area contributed by atoms with E-state index in [4.69, 9.17) is 4.52 Å². The highest BCUT2D eigenvalue weighted by atomic mass is 16.5. The highest BCUT2D eigenvalue weighted by Crippen LogP contribution is 2.30. The van der Waals surface area contributed by atoms with Gasteiger partial charge in [0.15, 0.2) is 5.82 Å². The lowest BCUT2D eigenvalue weighted by molar-refractivity contribution is 0.249. The molecule has 2 N–H and O–H groups in total. The van der Waals surface area contributed by atoms with Crippen LogP contribution in [0.4, 0.5) is 10.5 Å². The molecule has 1 saturated carbocycles. The Bertz CT molecular complexity index is 924. The van der Waals surface area contributed by atoms with Gasteiger partial charge < -0.3 is 19.7 Å². The molecular formula is C20H24N6O2. The van der Waals surface area contributed by atoms with E-state index in [2.05, 4.69) is 25.8 Å². The van der Waals surface area contributed by atoms with Crippen molar-refractivity contribution < 1.29 is 9.32 Å². The molecule has 1 aromatic carbocycles. The summed E-state index contributed by atoms with van der Waals surface area (Å²) >= 11 is 0. The minimum Gasteiger partial charge on any atom is -0.337 e. The number of hydrogen-bond donors (Lipinski definition) is 2. The van der Waals surface area contributed by atoms with Crippen LogP contribution < -0.4 is 10.6 Å². The molecule has 8 heteroatoms. The third-order valence-corrected chi connectivity index (χ3v) is 5.08. The molecule has 28 heavy (non-hydrogen) atoms. The van der Waals surface area contributed by atoms with Gasteiger partial charge in [-0.05, 0) is 44.0 Å². The summed E-state index contributed by atoms with van der Waals surface area (Å²) in [7, 11) is 0. The summed E-state index contributed by atoms with van der Waals surface area (Å²) in [6.45, 7) is 2.15. The summed E-state index contributed by atoms with van der Waals surface area (Å²) in [6.07, 6.45) is 9.60. The summed E-state index contributed by atoms with van der Waals surface area (Å²) in [5.74, 6) is 2.49. The average Bonchev–Trinajstić information content (AvgIpc) is 3.37. The van der Waals surface area contributed by atoms with E-state index in [1.54, 1.807) is 6.20 Å². The molecule has 1 fully saturated rings. The second-order valence-electron chi connectivity index (χ2n) is 7.08. The van der Waals surface area contributed by atoms with Gasteiger partial charge in [0.05, 0.1) is 6.54 Å². The van der Waals surface area contributed by atoms with Gasteiger partial charge in [0, 0.05) is 29.7 Å². The predicted octanol–water partition coefficient (Wildman–Crippen LogP) is 3.93. The molecule has 0 spiro atoms. The Morgan fingerprint density at radius 1 is 1.21 bits per heavy atom. The smallest absolute Gasteiger partial charge is 0.319 e. The van der Waals surface area contributed by atoms with Crippen molar-refractivity contribution in [2.24, 2.45) is 0 Å². The number of nitrogens with zero attached hydrogens (tertiary/aromatic N) is 4. The number of aryl methyl sites for hydroxylation is 1. The number of imidazole rings is 1. The van der Waals surface area contributed by atoms with E-state index in [0.717, 1.165) is 30.2 Å². The van der Waals surface area contributed by atoms with Crippen LogP contribution in [0, 0.1) is 6.92 Å². The zero-order valence-electron chi connectivity index (χ0n) is 15.9. The van der Waals surface area contributed by atoms with Gasteiger partial charge in [0.1, 0.15) is 5.82 Å². The van der Waals surface area contributed by atoms with Crippen LogP contribution in [0.2, 0.25) is 0 Å². The minimum absolute atomic E-state index is 0.206. The number of rotatable bonds is 5. The molecule has 4 rings (SSSR count). The number of benzene rings is 1. The van der Waals surface area contributed by atoms with Gasteiger partial charge in [0.25, 0.3) is 0 Å².